The number of alkyl halides is 3. The predicted octanol–water partition coefficient (Wildman–Crippen LogP) is 1.19. The number of aryl methyl sites for hydroxylation is 2. The Hall–Kier alpha value is -2.43. The van der Waals surface area contributed by atoms with Crippen LogP contribution in [0.2, 0.25) is 0 Å². The third kappa shape index (κ3) is 3.67. The molecule has 0 saturated heterocycles. The first kappa shape index (κ1) is 16.9. The summed E-state index contributed by atoms with van der Waals surface area (Å²) in [4.78, 5) is 12.9. The molecule has 2 aromatic rings. The van der Waals surface area contributed by atoms with Crippen molar-refractivity contribution in [3.8, 4) is 0 Å². The fourth-order valence-corrected chi connectivity index (χ4v) is 2.08. The molecule has 11 heteroatoms. The highest BCUT2D eigenvalue weighted by molar-refractivity contribution is 7.80. The molecule has 0 amide bonds. The minimum Gasteiger partial charge on any atom is -0.398 e. The van der Waals surface area contributed by atoms with E-state index >= 15 is 0 Å². The summed E-state index contributed by atoms with van der Waals surface area (Å²) in [7, 11) is 0. The van der Waals surface area contributed by atoms with Gasteiger partial charge in [0.2, 0.25) is 5.82 Å². The van der Waals surface area contributed by atoms with Crippen LogP contribution in [0.25, 0.3) is 0 Å². The van der Waals surface area contributed by atoms with Crippen LogP contribution in [0.4, 0.5) is 23.2 Å². The average Bonchev–Trinajstić information content (AvgIpc) is 2.80. The third-order valence-electron chi connectivity index (χ3n) is 3.03. The van der Waals surface area contributed by atoms with E-state index in [9.17, 15) is 22.4 Å². The monoisotopic (exact) mass is 349 g/mol. The lowest BCUT2D eigenvalue weighted by Gasteiger charge is -2.09. The van der Waals surface area contributed by atoms with Crippen molar-refractivity contribution in [1.82, 2.24) is 14.8 Å². The summed E-state index contributed by atoms with van der Waals surface area (Å²) in [6.45, 7) is -0.256. The molecule has 0 atom stereocenters. The summed E-state index contributed by atoms with van der Waals surface area (Å²) in [6.07, 6.45) is -4.85. The lowest BCUT2D eigenvalue weighted by atomic mass is 10.1. The van der Waals surface area contributed by atoms with Gasteiger partial charge in [-0.05, 0) is 24.1 Å². The smallest absolute Gasteiger partial charge is 0.398 e. The van der Waals surface area contributed by atoms with Crippen LogP contribution in [-0.4, -0.2) is 19.8 Å². The molecule has 0 fully saturated rings. The first-order valence-electron chi connectivity index (χ1n) is 6.21. The third-order valence-corrected chi connectivity index (χ3v) is 3.25. The topological polar surface area (TPSA) is 103 Å². The standard InChI is InChI=1S/C12H11F4N5OS/c13-7-4-6(9(18)23)8(17)3-5(7)1-2-21-11(22)19-10(20-21)12(14,15)16/h3-4H,1-2,17H2,(H2,18,23)(H,19,20,22). The molecule has 23 heavy (non-hydrogen) atoms. The summed E-state index contributed by atoms with van der Waals surface area (Å²) in [6, 6.07) is 2.31. The Kier molecular flexibility index (Phi) is 4.41. The number of hydrogen-bond donors (Lipinski definition) is 3. The minimum atomic E-state index is -4.77. The molecule has 124 valence electrons. The molecule has 2 rings (SSSR count). The van der Waals surface area contributed by atoms with Gasteiger partial charge in [-0.25, -0.2) is 13.9 Å². The number of H-pyrrole nitrogens is 1. The van der Waals surface area contributed by atoms with Crippen molar-refractivity contribution in [2.45, 2.75) is 19.1 Å². The molecule has 1 aromatic heterocycles. The van der Waals surface area contributed by atoms with Crippen molar-refractivity contribution < 1.29 is 17.6 Å². The first-order chi connectivity index (χ1) is 10.6. The Morgan fingerprint density at radius 1 is 1.39 bits per heavy atom. The van der Waals surface area contributed by atoms with E-state index in [1.807, 2.05) is 0 Å². The maximum absolute atomic E-state index is 13.9. The van der Waals surface area contributed by atoms with Crippen LogP contribution in [0, 0.1) is 5.82 Å². The number of aromatic amines is 1. The number of thiocarbonyl (C=S) groups is 1. The van der Waals surface area contributed by atoms with Gasteiger partial charge in [-0.3, -0.25) is 4.98 Å². The van der Waals surface area contributed by atoms with E-state index in [4.69, 9.17) is 23.7 Å². The van der Waals surface area contributed by atoms with E-state index in [2.05, 4.69) is 5.10 Å². The summed E-state index contributed by atoms with van der Waals surface area (Å²) >= 11 is 4.71. The van der Waals surface area contributed by atoms with Gasteiger partial charge in [0.1, 0.15) is 10.8 Å². The van der Waals surface area contributed by atoms with Crippen LogP contribution in [0.5, 0.6) is 0 Å². The summed E-state index contributed by atoms with van der Waals surface area (Å²) in [5, 5.41) is 3.12. The van der Waals surface area contributed by atoms with Crippen LogP contribution in [0.3, 0.4) is 0 Å². The fraction of sp³-hybridized carbons (Fsp3) is 0.250. The molecule has 0 aliphatic carbocycles. The second-order valence-corrected chi connectivity index (χ2v) is 5.08. The van der Waals surface area contributed by atoms with Crippen molar-refractivity contribution in [3.63, 3.8) is 0 Å². The number of aromatic nitrogens is 3. The number of nitrogen functional groups attached to an aromatic ring is 1. The lowest BCUT2D eigenvalue weighted by molar-refractivity contribution is -0.145. The van der Waals surface area contributed by atoms with Gasteiger partial charge in [0.25, 0.3) is 0 Å². The Labute approximate surface area is 132 Å². The number of hydrogen-bond acceptors (Lipinski definition) is 4. The van der Waals surface area contributed by atoms with Crippen LogP contribution in [0.15, 0.2) is 16.9 Å². The van der Waals surface area contributed by atoms with Crippen LogP contribution in [0.1, 0.15) is 17.0 Å². The van der Waals surface area contributed by atoms with Gasteiger partial charge in [-0.2, -0.15) is 13.2 Å². The second-order valence-electron chi connectivity index (χ2n) is 4.64. The van der Waals surface area contributed by atoms with Gasteiger partial charge in [0.05, 0.1) is 6.54 Å². The zero-order valence-corrected chi connectivity index (χ0v) is 12.3. The van der Waals surface area contributed by atoms with Crippen LogP contribution < -0.4 is 17.2 Å². The SMILES string of the molecule is NC(=S)c1cc(F)c(CCn2nc(C(F)(F)F)[nH]c2=O)cc1N. The van der Waals surface area contributed by atoms with Gasteiger partial charge in [-0.15, -0.1) is 5.10 Å². The van der Waals surface area contributed by atoms with Gasteiger partial charge >= 0.3 is 11.9 Å². The largest absolute Gasteiger partial charge is 0.451 e. The fourth-order valence-electron chi connectivity index (χ4n) is 1.90. The van der Waals surface area contributed by atoms with E-state index in [-0.39, 0.29) is 34.8 Å². The van der Waals surface area contributed by atoms with Crippen molar-refractivity contribution in [3.05, 3.63) is 45.4 Å². The Bertz CT molecular complexity index is 811. The molecule has 0 aliphatic rings. The molecule has 5 N–H and O–H groups in total. The average molecular weight is 349 g/mol. The summed E-state index contributed by atoms with van der Waals surface area (Å²) in [5.41, 5.74) is 10.4. The highest BCUT2D eigenvalue weighted by Gasteiger charge is 2.35. The zero-order valence-electron chi connectivity index (χ0n) is 11.4. The zero-order chi connectivity index (χ0) is 17.4. The lowest BCUT2D eigenvalue weighted by Crippen LogP contribution is -2.20. The molecule has 0 unspecified atom stereocenters. The van der Waals surface area contributed by atoms with Crippen molar-refractivity contribution in [2.75, 3.05) is 5.73 Å². The quantitative estimate of drug-likeness (QED) is 0.437. The number of benzene rings is 1. The second kappa shape index (κ2) is 5.99. The molecular weight excluding hydrogens is 338 g/mol. The van der Waals surface area contributed by atoms with Gasteiger partial charge in [-0.1, -0.05) is 12.2 Å². The Morgan fingerprint density at radius 2 is 2.04 bits per heavy atom. The number of anilines is 1. The van der Waals surface area contributed by atoms with Crippen LogP contribution in [-0.2, 0) is 19.1 Å². The van der Waals surface area contributed by atoms with Gasteiger partial charge < -0.3 is 11.5 Å². The summed E-state index contributed by atoms with van der Waals surface area (Å²) < 4.78 is 51.8. The normalized spacial score (nSPS) is 11.7. The molecule has 1 heterocycles. The molecule has 0 aliphatic heterocycles. The number of rotatable bonds is 4. The minimum absolute atomic E-state index is 0.0775. The van der Waals surface area contributed by atoms with E-state index in [0.29, 0.717) is 4.68 Å². The maximum Gasteiger partial charge on any atom is 0.451 e. The van der Waals surface area contributed by atoms with Gasteiger partial charge in [0, 0.05) is 11.3 Å². The Balaban J connectivity index is 2.22. The van der Waals surface area contributed by atoms with Crippen molar-refractivity contribution in [2.24, 2.45) is 5.73 Å². The highest BCUT2D eigenvalue weighted by Crippen LogP contribution is 2.24. The molecule has 1 aromatic carbocycles. The molecular formula is C12H11F4N5OS. The van der Waals surface area contributed by atoms with E-state index < -0.39 is 23.5 Å². The van der Waals surface area contributed by atoms with E-state index in [1.165, 1.54) is 6.07 Å². The maximum atomic E-state index is 13.9. The first-order valence-corrected chi connectivity index (χ1v) is 6.62. The Morgan fingerprint density at radius 3 is 2.57 bits per heavy atom. The molecule has 0 bridgehead atoms. The number of nitrogens with zero attached hydrogens (tertiary/aromatic N) is 2. The van der Waals surface area contributed by atoms with Crippen LogP contribution >= 0.6 is 12.2 Å². The van der Waals surface area contributed by atoms with E-state index in [0.717, 1.165) is 6.07 Å². The molecule has 0 saturated carbocycles. The number of nitrogens with two attached hydrogens (primary N) is 2. The molecule has 0 radical (unpaired) electrons. The molecule has 6 nitrogen and oxygen atoms in total. The predicted molar refractivity (Wildman–Crippen MR) is 78.3 cm³/mol. The van der Waals surface area contributed by atoms with Gasteiger partial charge in [0.15, 0.2) is 0 Å². The van der Waals surface area contributed by atoms with E-state index in [1.54, 1.807) is 4.98 Å². The summed E-state index contributed by atoms with van der Waals surface area (Å²) in [5.74, 6) is -2.09. The highest BCUT2D eigenvalue weighted by atomic mass is 32.1. The number of halogens is 4. The van der Waals surface area contributed by atoms with Crippen molar-refractivity contribution in [1.29, 1.82) is 0 Å². The number of nitrogens with one attached hydrogen (secondary N) is 1. The van der Waals surface area contributed by atoms with Crippen molar-refractivity contribution >= 4 is 22.9 Å². The molecule has 0 spiro atoms.